The summed E-state index contributed by atoms with van der Waals surface area (Å²) in [5.41, 5.74) is 4.03. The lowest BCUT2D eigenvalue weighted by molar-refractivity contribution is 0.487. The second-order valence-corrected chi connectivity index (χ2v) is 3.98. The summed E-state index contributed by atoms with van der Waals surface area (Å²) in [6.45, 7) is 2.98. The summed E-state index contributed by atoms with van der Waals surface area (Å²) in [7, 11) is 0. The van der Waals surface area contributed by atoms with Crippen LogP contribution in [0.1, 0.15) is 25.3 Å². The molecule has 3 N–H and O–H groups in total. The molecule has 1 aromatic heterocycles. The first-order chi connectivity index (χ1) is 7.30. The highest BCUT2D eigenvalue weighted by Crippen LogP contribution is 2.07. The van der Waals surface area contributed by atoms with Crippen molar-refractivity contribution >= 4 is 11.6 Å². The van der Waals surface area contributed by atoms with Crippen LogP contribution in [-0.4, -0.2) is 21.7 Å². The summed E-state index contributed by atoms with van der Waals surface area (Å²) >= 11 is 5.65. The van der Waals surface area contributed by atoms with E-state index in [1.165, 1.54) is 5.56 Å². The second-order valence-electron chi connectivity index (χ2n) is 3.60. The van der Waals surface area contributed by atoms with E-state index in [-0.39, 0.29) is 0 Å². The van der Waals surface area contributed by atoms with Gasteiger partial charge in [-0.05, 0) is 31.7 Å². The van der Waals surface area contributed by atoms with Crippen molar-refractivity contribution in [2.24, 2.45) is 5.84 Å². The van der Waals surface area contributed by atoms with E-state index in [1.54, 1.807) is 0 Å². The quantitative estimate of drug-likeness (QED) is 0.422. The van der Waals surface area contributed by atoms with Crippen molar-refractivity contribution in [3.05, 3.63) is 18.0 Å². The monoisotopic (exact) mass is 230 g/mol. The molecule has 0 aliphatic carbocycles. The number of nitrogens with one attached hydrogen (secondary N) is 1. The predicted octanol–water partition coefficient (Wildman–Crippen LogP) is 1.30. The average molecular weight is 231 g/mol. The van der Waals surface area contributed by atoms with E-state index in [2.05, 4.69) is 23.6 Å². The minimum atomic E-state index is 0.290. The summed E-state index contributed by atoms with van der Waals surface area (Å²) < 4.78 is 1.92. The number of halogens is 1. The molecule has 5 heteroatoms. The first-order valence-electron chi connectivity index (χ1n) is 5.33. The molecule has 1 heterocycles. The average Bonchev–Trinajstić information content (AvgIpc) is 2.71. The van der Waals surface area contributed by atoms with Crippen molar-refractivity contribution in [1.82, 2.24) is 15.2 Å². The zero-order valence-corrected chi connectivity index (χ0v) is 9.87. The number of nitrogens with zero attached hydrogens (tertiary/aromatic N) is 2. The van der Waals surface area contributed by atoms with E-state index in [9.17, 15) is 0 Å². The Morgan fingerprint density at radius 3 is 3.00 bits per heavy atom. The van der Waals surface area contributed by atoms with E-state index in [1.807, 2.05) is 10.9 Å². The summed E-state index contributed by atoms with van der Waals surface area (Å²) in [4.78, 5) is 0. The number of aromatic nitrogens is 2. The molecule has 0 spiro atoms. The Morgan fingerprint density at radius 2 is 2.47 bits per heavy atom. The van der Waals surface area contributed by atoms with Crippen molar-refractivity contribution in [2.45, 2.75) is 38.8 Å². The van der Waals surface area contributed by atoms with Crippen LogP contribution in [0.15, 0.2) is 12.4 Å². The van der Waals surface area contributed by atoms with Crippen LogP contribution in [-0.2, 0) is 13.0 Å². The number of nitrogens with two attached hydrogens (primary N) is 1. The van der Waals surface area contributed by atoms with Gasteiger partial charge in [-0.3, -0.25) is 16.0 Å². The fourth-order valence-corrected chi connectivity index (χ4v) is 1.69. The minimum absolute atomic E-state index is 0.290. The molecular formula is C10H19ClN4. The second kappa shape index (κ2) is 6.82. The van der Waals surface area contributed by atoms with Crippen LogP contribution < -0.4 is 11.3 Å². The molecule has 0 saturated carbocycles. The zero-order valence-electron chi connectivity index (χ0n) is 9.12. The van der Waals surface area contributed by atoms with E-state index in [0.717, 1.165) is 25.8 Å². The van der Waals surface area contributed by atoms with Gasteiger partial charge >= 0.3 is 0 Å². The number of hydrogen-bond donors (Lipinski definition) is 2. The normalized spacial score (nSPS) is 13.0. The van der Waals surface area contributed by atoms with Crippen molar-refractivity contribution in [1.29, 1.82) is 0 Å². The Hall–Kier alpha value is -0.580. The maximum Gasteiger partial charge on any atom is 0.0522 e. The van der Waals surface area contributed by atoms with Crippen LogP contribution in [0.25, 0.3) is 0 Å². The van der Waals surface area contributed by atoms with Gasteiger partial charge in [0.1, 0.15) is 0 Å². The van der Waals surface area contributed by atoms with Gasteiger partial charge in [-0.1, -0.05) is 0 Å². The molecule has 86 valence electrons. The maximum atomic E-state index is 5.65. The lowest BCUT2D eigenvalue weighted by Crippen LogP contribution is -2.36. The fourth-order valence-electron chi connectivity index (χ4n) is 1.54. The lowest BCUT2D eigenvalue weighted by atomic mass is 10.1. The third kappa shape index (κ3) is 4.20. The summed E-state index contributed by atoms with van der Waals surface area (Å²) in [5, 5.41) is 4.22. The zero-order chi connectivity index (χ0) is 11.1. The molecule has 0 amide bonds. The molecule has 1 atom stereocenters. The molecule has 0 aliphatic heterocycles. The third-order valence-corrected chi connectivity index (χ3v) is 2.68. The van der Waals surface area contributed by atoms with Crippen LogP contribution >= 0.6 is 11.6 Å². The number of aryl methyl sites for hydroxylation is 1. The molecule has 0 bridgehead atoms. The van der Waals surface area contributed by atoms with Crippen LogP contribution in [0, 0.1) is 0 Å². The summed E-state index contributed by atoms with van der Waals surface area (Å²) in [6.07, 6.45) is 6.85. The van der Waals surface area contributed by atoms with Gasteiger partial charge in [-0.2, -0.15) is 5.10 Å². The van der Waals surface area contributed by atoms with E-state index < -0.39 is 0 Å². The SMILES string of the molecule is CCn1cc(CC(CCCCl)NN)cn1. The van der Waals surface area contributed by atoms with E-state index in [4.69, 9.17) is 17.4 Å². The molecule has 0 aliphatic rings. The van der Waals surface area contributed by atoms with E-state index >= 15 is 0 Å². The fraction of sp³-hybridized carbons (Fsp3) is 0.700. The van der Waals surface area contributed by atoms with Crippen LogP contribution in [0.4, 0.5) is 0 Å². The molecule has 1 unspecified atom stereocenters. The molecule has 0 radical (unpaired) electrons. The first kappa shape index (κ1) is 12.5. The molecule has 1 aromatic rings. The maximum absolute atomic E-state index is 5.65. The Kier molecular flexibility index (Phi) is 5.68. The molecule has 15 heavy (non-hydrogen) atoms. The smallest absolute Gasteiger partial charge is 0.0522 e. The van der Waals surface area contributed by atoms with Gasteiger partial charge in [-0.25, -0.2) is 0 Å². The Morgan fingerprint density at radius 1 is 1.67 bits per heavy atom. The standard InChI is InChI=1S/C10H19ClN4/c1-2-15-8-9(7-13-15)6-10(14-12)4-3-5-11/h7-8,10,14H,2-6,12H2,1H3. The molecule has 1 rings (SSSR count). The first-order valence-corrected chi connectivity index (χ1v) is 5.87. The number of rotatable bonds is 7. The van der Waals surface area contributed by atoms with Crippen molar-refractivity contribution in [3.8, 4) is 0 Å². The predicted molar refractivity (Wildman–Crippen MR) is 62.7 cm³/mol. The molecule has 0 aromatic carbocycles. The van der Waals surface area contributed by atoms with Crippen LogP contribution in [0.5, 0.6) is 0 Å². The Balaban J connectivity index is 2.43. The molecule has 4 nitrogen and oxygen atoms in total. The summed E-state index contributed by atoms with van der Waals surface area (Å²) in [6, 6.07) is 0.290. The highest BCUT2D eigenvalue weighted by Gasteiger charge is 2.08. The van der Waals surface area contributed by atoms with Crippen molar-refractivity contribution < 1.29 is 0 Å². The Labute approximate surface area is 95.8 Å². The topological polar surface area (TPSA) is 55.9 Å². The minimum Gasteiger partial charge on any atom is -0.273 e. The lowest BCUT2D eigenvalue weighted by Gasteiger charge is -2.13. The van der Waals surface area contributed by atoms with E-state index in [0.29, 0.717) is 11.9 Å². The molecular weight excluding hydrogens is 212 g/mol. The molecule has 0 fully saturated rings. The van der Waals surface area contributed by atoms with Gasteiger partial charge in [-0.15, -0.1) is 11.6 Å². The van der Waals surface area contributed by atoms with Gasteiger partial charge in [0.25, 0.3) is 0 Å². The Bertz CT molecular complexity index is 274. The summed E-state index contributed by atoms with van der Waals surface area (Å²) in [5.74, 6) is 6.17. The number of hydrogen-bond acceptors (Lipinski definition) is 3. The number of alkyl halides is 1. The highest BCUT2D eigenvalue weighted by molar-refractivity contribution is 6.17. The van der Waals surface area contributed by atoms with Crippen LogP contribution in [0.2, 0.25) is 0 Å². The van der Waals surface area contributed by atoms with Gasteiger partial charge < -0.3 is 0 Å². The van der Waals surface area contributed by atoms with Gasteiger partial charge in [0.2, 0.25) is 0 Å². The highest BCUT2D eigenvalue weighted by atomic mass is 35.5. The van der Waals surface area contributed by atoms with Gasteiger partial charge in [0.15, 0.2) is 0 Å². The van der Waals surface area contributed by atoms with Gasteiger partial charge in [0, 0.05) is 24.7 Å². The van der Waals surface area contributed by atoms with Gasteiger partial charge in [0.05, 0.1) is 6.20 Å². The number of hydrazine groups is 1. The van der Waals surface area contributed by atoms with Crippen molar-refractivity contribution in [2.75, 3.05) is 5.88 Å². The van der Waals surface area contributed by atoms with Crippen LogP contribution in [0.3, 0.4) is 0 Å². The largest absolute Gasteiger partial charge is 0.273 e. The third-order valence-electron chi connectivity index (χ3n) is 2.41. The molecule has 0 saturated heterocycles. The van der Waals surface area contributed by atoms with Crippen molar-refractivity contribution in [3.63, 3.8) is 0 Å².